The SMILES string of the molecule is C=C(C)C(=O)N1CCC(Nc2ccc(-c3cc(-c4cnn(C)c4)cn4ncc(C#N)c34)cn2)CC1. The lowest BCUT2D eigenvalue weighted by Gasteiger charge is -2.32. The molecule has 1 saturated heterocycles. The van der Waals surface area contributed by atoms with Gasteiger partial charge in [0.15, 0.2) is 0 Å². The lowest BCUT2D eigenvalue weighted by molar-refractivity contribution is -0.127. The summed E-state index contributed by atoms with van der Waals surface area (Å²) in [6.07, 6.45) is 10.8. The molecule has 5 rings (SSSR count). The Morgan fingerprint density at radius 2 is 1.91 bits per heavy atom. The van der Waals surface area contributed by atoms with Crippen molar-refractivity contribution in [1.82, 2.24) is 29.3 Å². The first-order valence-electron chi connectivity index (χ1n) is 11.5. The summed E-state index contributed by atoms with van der Waals surface area (Å²) in [4.78, 5) is 18.6. The molecule has 176 valence electrons. The Morgan fingerprint density at radius 3 is 2.54 bits per heavy atom. The van der Waals surface area contributed by atoms with Crippen molar-refractivity contribution in [3.8, 4) is 28.3 Å². The Labute approximate surface area is 203 Å². The highest BCUT2D eigenvalue weighted by Gasteiger charge is 2.23. The quantitative estimate of drug-likeness (QED) is 0.450. The second-order valence-electron chi connectivity index (χ2n) is 8.93. The second-order valence-corrected chi connectivity index (χ2v) is 8.93. The highest BCUT2D eigenvalue weighted by molar-refractivity contribution is 5.92. The van der Waals surface area contributed by atoms with Crippen LogP contribution >= 0.6 is 0 Å². The number of nitrogens with one attached hydrogen (secondary N) is 1. The molecule has 35 heavy (non-hydrogen) atoms. The van der Waals surface area contributed by atoms with Gasteiger partial charge >= 0.3 is 0 Å². The molecule has 1 N–H and O–H groups in total. The minimum Gasteiger partial charge on any atom is -0.367 e. The zero-order valence-corrected chi connectivity index (χ0v) is 19.8. The maximum atomic E-state index is 12.1. The second kappa shape index (κ2) is 9.06. The van der Waals surface area contributed by atoms with Crippen LogP contribution in [0.2, 0.25) is 0 Å². The van der Waals surface area contributed by atoms with Crippen molar-refractivity contribution < 1.29 is 4.79 Å². The highest BCUT2D eigenvalue weighted by Crippen LogP contribution is 2.32. The molecule has 0 bridgehead atoms. The van der Waals surface area contributed by atoms with Crippen LogP contribution in [-0.4, -0.2) is 54.3 Å². The Morgan fingerprint density at radius 1 is 1.11 bits per heavy atom. The largest absolute Gasteiger partial charge is 0.367 e. The van der Waals surface area contributed by atoms with Crippen molar-refractivity contribution in [3.63, 3.8) is 0 Å². The van der Waals surface area contributed by atoms with Crippen molar-refractivity contribution in [3.05, 3.63) is 66.9 Å². The summed E-state index contributed by atoms with van der Waals surface area (Å²) in [7, 11) is 1.88. The van der Waals surface area contributed by atoms with Crippen LogP contribution in [0.4, 0.5) is 5.82 Å². The van der Waals surface area contributed by atoms with E-state index in [0.29, 0.717) is 24.2 Å². The Balaban J connectivity index is 1.39. The lowest BCUT2D eigenvalue weighted by Crippen LogP contribution is -2.42. The summed E-state index contributed by atoms with van der Waals surface area (Å²) in [6.45, 7) is 6.92. The fourth-order valence-electron chi connectivity index (χ4n) is 4.50. The first-order chi connectivity index (χ1) is 16.9. The van der Waals surface area contributed by atoms with Gasteiger partial charge < -0.3 is 10.2 Å². The predicted molar refractivity (Wildman–Crippen MR) is 133 cm³/mol. The van der Waals surface area contributed by atoms with E-state index in [1.807, 2.05) is 48.7 Å². The number of nitriles is 1. The topological polar surface area (TPSA) is 104 Å². The lowest BCUT2D eigenvalue weighted by atomic mass is 10.0. The van der Waals surface area contributed by atoms with Gasteiger partial charge in [0.1, 0.15) is 11.9 Å². The van der Waals surface area contributed by atoms with Gasteiger partial charge in [-0.05, 0) is 38.0 Å². The average molecular weight is 467 g/mol. The van der Waals surface area contributed by atoms with Crippen LogP contribution in [0, 0.1) is 11.3 Å². The van der Waals surface area contributed by atoms with E-state index in [9.17, 15) is 10.1 Å². The third kappa shape index (κ3) is 4.38. The van der Waals surface area contributed by atoms with Crippen molar-refractivity contribution in [2.45, 2.75) is 25.8 Å². The van der Waals surface area contributed by atoms with E-state index < -0.39 is 0 Å². The molecule has 4 aromatic rings. The Kier molecular flexibility index (Phi) is 5.79. The van der Waals surface area contributed by atoms with Crippen LogP contribution in [0.5, 0.6) is 0 Å². The molecule has 5 heterocycles. The van der Waals surface area contributed by atoms with Crippen molar-refractivity contribution >= 4 is 17.2 Å². The molecule has 1 aliphatic heterocycles. The van der Waals surface area contributed by atoms with Crippen LogP contribution in [0.3, 0.4) is 0 Å². The van der Waals surface area contributed by atoms with Crippen molar-refractivity contribution in [1.29, 1.82) is 5.26 Å². The van der Waals surface area contributed by atoms with Crippen LogP contribution in [-0.2, 0) is 11.8 Å². The number of amides is 1. The van der Waals surface area contributed by atoms with Gasteiger partial charge in [0.25, 0.3) is 0 Å². The number of hydrogen-bond acceptors (Lipinski definition) is 6. The number of pyridine rings is 2. The van der Waals surface area contributed by atoms with E-state index in [-0.39, 0.29) is 11.9 Å². The van der Waals surface area contributed by atoms with E-state index in [1.54, 1.807) is 28.5 Å². The van der Waals surface area contributed by atoms with E-state index in [4.69, 9.17) is 0 Å². The zero-order chi connectivity index (χ0) is 24.5. The number of rotatable bonds is 5. The molecular weight excluding hydrogens is 440 g/mol. The van der Waals surface area contributed by atoms with Gasteiger partial charge in [0.2, 0.25) is 5.91 Å². The molecule has 0 spiro atoms. The predicted octanol–water partition coefficient (Wildman–Crippen LogP) is 3.65. The monoisotopic (exact) mass is 466 g/mol. The summed E-state index contributed by atoms with van der Waals surface area (Å²) in [5.74, 6) is 0.814. The third-order valence-electron chi connectivity index (χ3n) is 6.34. The number of fused-ring (bicyclic) bond motifs is 1. The molecule has 0 radical (unpaired) electrons. The summed E-state index contributed by atoms with van der Waals surface area (Å²) in [6, 6.07) is 8.50. The van der Waals surface area contributed by atoms with Gasteiger partial charge in [-0.3, -0.25) is 9.48 Å². The first-order valence-corrected chi connectivity index (χ1v) is 11.5. The average Bonchev–Trinajstić information content (AvgIpc) is 3.50. The number of carbonyl (C=O) groups is 1. The van der Waals surface area contributed by atoms with Gasteiger partial charge in [-0.15, -0.1) is 0 Å². The highest BCUT2D eigenvalue weighted by atomic mass is 16.2. The summed E-state index contributed by atoms with van der Waals surface area (Å²) >= 11 is 0. The number of nitrogens with zero attached hydrogens (tertiary/aromatic N) is 7. The smallest absolute Gasteiger partial charge is 0.248 e. The van der Waals surface area contributed by atoms with E-state index in [1.165, 1.54) is 0 Å². The van der Waals surface area contributed by atoms with Gasteiger partial charge in [-0.2, -0.15) is 15.5 Å². The number of aryl methyl sites for hydroxylation is 1. The number of piperidine rings is 1. The molecule has 9 heteroatoms. The van der Waals surface area contributed by atoms with E-state index in [2.05, 4.69) is 33.1 Å². The minimum absolute atomic E-state index is 0.0300. The Bertz CT molecular complexity index is 1450. The molecular formula is C26H26N8O. The van der Waals surface area contributed by atoms with Gasteiger partial charge in [-0.1, -0.05) is 6.58 Å². The molecule has 0 aromatic carbocycles. The van der Waals surface area contributed by atoms with E-state index in [0.717, 1.165) is 46.4 Å². The van der Waals surface area contributed by atoms with Crippen LogP contribution in [0.1, 0.15) is 25.3 Å². The molecule has 1 amide bonds. The fraction of sp³-hybridized carbons (Fsp3) is 0.269. The maximum absolute atomic E-state index is 12.1. The summed E-state index contributed by atoms with van der Waals surface area (Å²) in [5.41, 5.74) is 5.52. The normalized spacial score (nSPS) is 14.1. The molecule has 4 aromatic heterocycles. The van der Waals surface area contributed by atoms with Crippen LogP contribution in [0.15, 0.2) is 61.3 Å². The number of aromatic nitrogens is 5. The third-order valence-corrected chi connectivity index (χ3v) is 6.34. The molecule has 0 atom stereocenters. The van der Waals surface area contributed by atoms with Crippen molar-refractivity contribution in [2.24, 2.45) is 7.05 Å². The van der Waals surface area contributed by atoms with Crippen molar-refractivity contribution in [2.75, 3.05) is 18.4 Å². The number of likely N-dealkylation sites (tertiary alicyclic amines) is 1. The Hall–Kier alpha value is -4.45. The molecule has 1 aliphatic rings. The van der Waals surface area contributed by atoms with Gasteiger partial charge in [-0.25, -0.2) is 9.50 Å². The number of anilines is 1. The molecule has 0 unspecified atom stereocenters. The van der Waals surface area contributed by atoms with Gasteiger partial charge in [0, 0.05) is 72.6 Å². The van der Waals surface area contributed by atoms with Gasteiger partial charge in [0.05, 0.1) is 23.5 Å². The standard InChI is InChI=1S/C26H26N8O/c1-17(2)26(35)33-8-6-22(7-9-33)31-24-5-4-18(12-28-24)23-10-19(21-14-29-32(3)15-21)16-34-25(23)20(11-27)13-30-34/h4-5,10,12-16,22H,1,6-9H2,2-3H3,(H,28,31). The molecule has 0 aliphatic carbocycles. The van der Waals surface area contributed by atoms with Crippen LogP contribution in [0.25, 0.3) is 27.8 Å². The first kappa shape index (κ1) is 22.3. The zero-order valence-electron chi connectivity index (χ0n) is 19.8. The summed E-state index contributed by atoms with van der Waals surface area (Å²) in [5, 5.41) is 21.8. The van der Waals surface area contributed by atoms with E-state index >= 15 is 0 Å². The number of carbonyl (C=O) groups excluding carboxylic acids is 1. The molecule has 1 fully saturated rings. The minimum atomic E-state index is 0.0300. The summed E-state index contributed by atoms with van der Waals surface area (Å²) < 4.78 is 3.49. The fourth-order valence-corrected chi connectivity index (χ4v) is 4.50. The maximum Gasteiger partial charge on any atom is 0.248 e. The number of hydrogen-bond donors (Lipinski definition) is 1. The molecule has 0 saturated carbocycles. The van der Waals surface area contributed by atoms with Crippen LogP contribution < -0.4 is 5.32 Å². The molecule has 9 nitrogen and oxygen atoms in total.